The maximum Gasteiger partial charge on any atom is 0.170 e. The number of anilines is 1. The summed E-state index contributed by atoms with van der Waals surface area (Å²) in [5.74, 6) is 0.290. The van der Waals surface area contributed by atoms with E-state index in [9.17, 15) is 5.11 Å². The second kappa shape index (κ2) is 7.09. The third kappa shape index (κ3) is 5.08. The van der Waals surface area contributed by atoms with Crippen LogP contribution in [0.1, 0.15) is 16.7 Å². The number of hydrogen-bond donors (Lipinski definition) is 3. The number of phenols is 1. The lowest BCUT2D eigenvalue weighted by molar-refractivity contribution is 0.475. The molecule has 2 aromatic carbocycles. The lowest BCUT2D eigenvalue weighted by Gasteiger charge is -2.12. The van der Waals surface area contributed by atoms with E-state index in [2.05, 4.69) is 42.7 Å². The first-order chi connectivity index (χ1) is 10.0. The van der Waals surface area contributed by atoms with Crippen molar-refractivity contribution in [3.05, 3.63) is 59.2 Å². The van der Waals surface area contributed by atoms with E-state index in [0.717, 1.165) is 24.2 Å². The summed E-state index contributed by atoms with van der Waals surface area (Å²) in [6.45, 7) is 4.89. The number of hydrogen-bond acceptors (Lipinski definition) is 2. The molecule has 110 valence electrons. The first kappa shape index (κ1) is 15.3. The number of aryl methyl sites for hydroxylation is 2. The largest absolute Gasteiger partial charge is 0.508 e. The number of phenolic OH excluding ortho intramolecular Hbond substituents is 1. The van der Waals surface area contributed by atoms with Crippen LogP contribution in [0.4, 0.5) is 5.69 Å². The van der Waals surface area contributed by atoms with Gasteiger partial charge in [0, 0.05) is 12.2 Å². The fourth-order valence-electron chi connectivity index (χ4n) is 2.21. The molecular weight excluding hydrogens is 280 g/mol. The molecule has 0 heterocycles. The molecule has 0 unspecified atom stereocenters. The molecule has 0 fully saturated rings. The highest BCUT2D eigenvalue weighted by atomic mass is 32.1. The first-order valence-corrected chi connectivity index (χ1v) is 7.35. The summed E-state index contributed by atoms with van der Waals surface area (Å²) in [5.41, 5.74) is 4.60. The summed E-state index contributed by atoms with van der Waals surface area (Å²) in [7, 11) is 0. The molecule has 3 N–H and O–H groups in total. The van der Waals surface area contributed by atoms with Crippen LogP contribution in [-0.2, 0) is 6.42 Å². The zero-order valence-electron chi connectivity index (χ0n) is 12.3. The molecule has 0 bridgehead atoms. The highest BCUT2D eigenvalue weighted by Gasteiger charge is 2.00. The van der Waals surface area contributed by atoms with Gasteiger partial charge >= 0.3 is 0 Å². The van der Waals surface area contributed by atoms with Crippen molar-refractivity contribution in [2.24, 2.45) is 0 Å². The number of benzene rings is 2. The third-order valence-electron chi connectivity index (χ3n) is 3.12. The van der Waals surface area contributed by atoms with E-state index < -0.39 is 0 Å². The Morgan fingerprint density at radius 2 is 1.67 bits per heavy atom. The van der Waals surface area contributed by atoms with E-state index >= 15 is 0 Å². The Morgan fingerprint density at radius 3 is 2.29 bits per heavy atom. The molecule has 21 heavy (non-hydrogen) atoms. The standard InChI is InChI=1S/C17H20N2OS/c1-12-9-13(2)11-15(10-12)19-17(21)18-8-7-14-3-5-16(20)6-4-14/h3-6,9-11,20H,7-8H2,1-2H3,(H2,18,19,21). The van der Waals surface area contributed by atoms with E-state index in [0.29, 0.717) is 10.9 Å². The minimum atomic E-state index is 0.290. The van der Waals surface area contributed by atoms with E-state index in [4.69, 9.17) is 12.2 Å². The van der Waals surface area contributed by atoms with Gasteiger partial charge in [-0.15, -0.1) is 0 Å². The van der Waals surface area contributed by atoms with Crippen LogP contribution < -0.4 is 10.6 Å². The Kier molecular flexibility index (Phi) is 5.17. The number of rotatable bonds is 4. The Labute approximate surface area is 131 Å². The zero-order valence-corrected chi connectivity index (χ0v) is 13.1. The second-order valence-electron chi connectivity index (χ2n) is 5.17. The number of nitrogens with one attached hydrogen (secondary N) is 2. The molecule has 0 aromatic heterocycles. The molecule has 0 atom stereocenters. The Hall–Kier alpha value is -2.07. The van der Waals surface area contributed by atoms with Crippen LogP contribution in [0.2, 0.25) is 0 Å². The summed E-state index contributed by atoms with van der Waals surface area (Å²) in [5, 5.41) is 16.2. The summed E-state index contributed by atoms with van der Waals surface area (Å²) >= 11 is 5.30. The molecule has 3 nitrogen and oxygen atoms in total. The van der Waals surface area contributed by atoms with Gasteiger partial charge in [0.05, 0.1) is 0 Å². The SMILES string of the molecule is Cc1cc(C)cc(NC(=S)NCCc2ccc(O)cc2)c1. The molecule has 2 rings (SSSR count). The van der Waals surface area contributed by atoms with Gasteiger partial charge in [-0.3, -0.25) is 0 Å². The molecule has 4 heteroatoms. The van der Waals surface area contributed by atoms with E-state index in [1.807, 2.05) is 12.1 Å². The summed E-state index contributed by atoms with van der Waals surface area (Å²) in [4.78, 5) is 0. The van der Waals surface area contributed by atoms with E-state index in [1.54, 1.807) is 12.1 Å². The molecule has 0 spiro atoms. The van der Waals surface area contributed by atoms with Crippen molar-refractivity contribution in [3.63, 3.8) is 0 Å². The van der Waals surface area contributed by atoms with Crippen molar-refractivity contribution < 1.29 is 5.11 Å². The number of thiocarbonyl (C=S) groups is 1. The van der Waals surface area contributed by atoms with Crippen LogP contribution in [0, 0.1) is 13.8 Å². The molecule has 0 radical (unpaired) electrons. The Bertz CT molecular complexity index is 603. The third-order valence-corrected chi connectivity index (χ3v) is 3.36. The van der Waals surface area contributed by atoms with Gasteiger partial charge < -0.3 is 15.7 Å². The molecule has 0 amide bonds. The molecule has 0 aliphatic carbocycles. The number of aromatic hydroxyl groups is 1. The Morgan fingerprint density at radius 1 is 1.05 bits per heavy atom. The van der Waals surface area contributed by atoms with Crippen LogP contribution in [0.15, 0.2) is 42.5 Å². The van der Waals surface area contributed by atoms with Gasteiger partial charge in [-0.25, -0.2) is 0 Å². The fourth-order valence-corrected chi connectivity index (χ4v) is 2.43. The molecule has 2 aromatic rings. The average molecular weight is 300 g/mol. The lowest BCUT2D eigenvalue weighted by Crippen LogP contribution is -2.30. The maximum atomic E-state index is 9.23. The van der Waals surface area contributed by atoms with Crippen LogP contribution in [0.5, 0.6) is 5.75 Å². The van der Waals surface area contributed by atoms with Gasteiger partial charge in [-0.05, 0) is 73.4 Å². The van der Waals surface area contributed by atoms with Gasteiger partial charge in [-0.1, -0.05) is 18.2 Å². The van der Waals surface area contributed by atoms with Crippen LogP contribution in [-0.4, -0.2) is 16.8 Å². The quantitative estimate of drug-likeness (QED) is 0.756. The molecular formula is C17H20N2OS. The maximum absolute atomic E-state index is 9.23. The summed E-state index contributed by atoms with van der Waals surface area (Å²) < 4.78 is 0. The van der Waals surface area contributed by atoms with Crippen molar-refractivity contribution in [1.82, 2.24) is 5.32 Å². The Balaban J connectivity index is 1.80. The molecule has 0 aliphatic rings. The van der Waals surface area contributed by atoms with Crippen LogP contribution in [0.25, 0.3) is 0 Å². The second-order valence-corrected chi connectivity index (χ2v) is 5.58. The molecule has 0 aliphatic heterocycles. The van der Waals surface area contributed by atoms with Gasteiger partial charge in [0.25, 0.3) is 0 Å². The molecule has 0 saturated carbocycles. The van der Waals surface area contributed by atoms with Crippen molar-refractivity contribution in [2.45, 2.75) is 20.3 Å². The predicted molar refractivity (Wildman–Crippen MR) is 92.0 cm³/mol. The van der Waals surface area contributed by atoms with Crippen LogP contribution >= 0.6 is 12.2 Å². The fraction of sp³-hybridized carbons (Fsp3) is 0.235. The van der Waals surface area contributed by atoms with Gasteiger partial charge in [0.15, 0.2) is 5.11 Å². The van der Waals surface area contributed by atoms with Gasteiger partial charge in [-0.2, -0.15) is 0 Å². The van der Waals surface area contributed by atoms with Crippen molar-refractivity contribution in [3.8, 4) is 5.75 Å². The van der Waals surface area contributed by atoms with Crippen molar-refractivity contribution in [1.29, 1.82) is 0 Å². The highest BCUT2D eigenvalue weighted by molar-refractivity contribution is 7.80. The minimum absolute atomic E-state index is 0.290. The van der Waals surface area contributed by atoms with Crippen molar-refractivity contribution in [2.75, 3.05) is 11.9 Å². The monoisotopic (exact) mass is 300 g/mol. The normalized spacial score (nSPS) is 10.2. The van der Waals surface area contributed by atoms with E-state index in [-0.39, 0.29) is 0 Å². The molecule has 0 saturated heterocycles. The smallest absolute Gasteiger partial charge is 0.170 e. The first-order valence-electron chi connectivity index (χ1n) is 6.94. The zero-order chi connectivity index (χ0) is 15.2. The summed E-state index contributed by atoms with van der Waals surface area (Å²) in [6.07, 6.45) is 0.856. The van der Waals surface area contributed by atoms with Crippen molar-refractivity contribution >= 4 is 23.0 Å². The van der Waals surface area contributed by atoms with Gasteiger partial charge in [0.1, 0.15) is 5.75 Å². The van der Waals surface area contributed by atoms with Crippen LogP contribution in [0.3, 0.4) is 0 Å². The lowest BCUT2D eigenvalue weighted by atomic mass is 10.1. The summed E-state index contributed by atoms with van der Waals surface area (Å²) in [6, 6.07) is 13.5. The topological polar surface area (TPSA) is 44.3 Å². The average Bonchev–Trinajstić information content (AvgIpc) is 2.39. The highest BCUT2D eigenvalue weighted by Crippen LogP contribution is 2.13. The van der Waals surface area contributed by atoms with E-state index in [1.165, 1.54) is 11.1 Å². The minimum Gasteiger partial charge on any atom is -0.508 e. The predicted octanol–water partition coefficient (Wildman–Crippen LogP) is 3.54. The van der Waals surface area contributed by atoms with Gasteiger partial charge in [0.2, 0.25) is 0 Å².